The van der Waals surface area contributed by atoms with Gasteiger partial charge in [-0.05, 0) is 49.9 Å². The molecule has 1 saturated heterocycles. The van der Waals surface area contributed by atoms with Crippen LogP contribution in [0.5, 0.6) is 5.75 Å². The number of aromatic carboxylic acids is 1. The summed E-state index contributed by atoms with van der Waals surface area (Å²) in [5.74, 6) is -0.971. The van der Waals surface area contributed by atoms with Crippen LogP contribution in [0.2, 0.25) is 0 Å². The topological polar surface area (TPSA) is 132 Å². The maximum atomic E-state index is 13.7. The van der Waals surface area contributed by atoms with E-state index in [1.54, 1.807) is 47.4 Å². The Morgan fingerprint density at radius 3 is 2.52 bits per heavy atom. The van der Waals surface area contributed by atoms with Crippen molar-refractivity contribution in [3.05, 3.63) is 59.2 Å². The number of carbonyl (C=O) groups excluding carboxylic acids is 2. The molecule has 0 spiro atoms. The minimum atomic E-state index is -0.961. The first-order valence-electron chi connectivity index (χ1n) is 14.5. The molecule has 4 rings (SSSR count). The van der Waals surface area contributed by atoms with Crippen LogP contribution in [0, 0.1) is 5.92 Å². The molecule has 228 valence electrons. The van der Waals surface area contributed by atoms with Gasteiger partial charge in [-0.15, -0.1) is 0 Å². The molecule has 0 aromatic heterocycles. The summed E-state index contributed by atoms with van der Waals surface area (Å²) in [7, 11) is 1.97. The Morgan fingerprint density at radius 2 is 1.86 bits per heavy atom. The zero-order chi connectivity index (χ0) is 30.2. The summed E-state index contributed by atoms with van der Waals surface area (Å²) in [6.07, 6.45) is 0.0580. The zero-order valence-electron chi connectivity index (χ0n) is 24.6. The third kappa shape index (κ3) is 8.28. The number of fused-ring (bicyclic) bond motifs is 1. The van der Waals surface area contributed by atoms with E-state index in [1.807, 2.05) is 20.9 Å². The molecule has 2 aromatic carbocycles. The second kappa shape index (κ2) is 14.6. The van der Waals surface area contributed by atoms with Crippen molar-refractivity contribution in [1.29, 1.82) is 0 Å². The average Bonchev–Trinajstić information content (AvgIpc) is 2.98. The van der Waals surface area contributed by atoms with E-state index < -0.39 is 12.0 Å². The predicted molar refractivity (Wildman–Crippen MR) is 158 cm³/mol. The van der Waals surface area contributed by atoms with Crippen LogP contribution in [0.4, 0.5) is 5.69 Å². The van der Waals surface area contributed by atoms with Crippen LogP contribution in [-0.4, -0.2) is 114 Å². The molecular weight excluding hydrogens is 540 g/mol. The molecule has 0 saturated carbocycles. The van der Waals surface area contributed by atoms with Gasteiger partial charge in [0.2, 0.25) is 5.91 Å². The minimum Gasteiger partial charge on any atom is -0.488 e. The van der Waals surface area contributed by atoms with E-state index in [4.69, 9.17) is 14.6 Å². The number of likely N-dealkylation sites (N-methyl/N-ethyl adjacent to an activating group) is 1. The maximum absolute atomic E-state index is 13.7. The molecule has 2 aliphatic rings. The van der Waals surface area contributed by atoms with E-state index in [2.05, 4.69) is 15.1 Å². The van der Waals surface area contributed by atoms with Crippen molar-refractivity contribution >= 4 is 23.5 Å². The molecule has 0 aliphatic carbocycles. The van der Waals surface area contributed by atoms with Gasteiger partial charge in [0.05, 0.1) is 37.0 Å². The summed E-state index contributed by atoms with van der Waals surface area (Å²) >= 11 is 0. The van der Waals surface area contributed by atoms with E-state index in [-0.39, 0.29) is 36.0 Å². The van der Waals surface area contributed by atoms with E-state index in [9.17, 15) is 19.5 Å². The molecule has 0 bridgehead atoms. The highest BCUT2D eigenvalue weighted by molar-refractivity contribution is 6.00. The number of aliphatic hydroxyl groups excluding tert-OH is 1. The molecule has 2 aromatic rings. The number of anilines is 1. The minimum absolute atomic E-state index is 0.0486. The Bertz CT molecular complexity index is 1230. The smallest absolute Gasteiger partial charge is 0.335 e. The normalized spacial score (nSPS) is 20.3. The Kier molecular flexibility index (Phi) is 10.9. The molecule has 3 N–H and O–H groups in total. The number of hydrogen-bond acceptors (Lipinski definition) is 8. The fourth-order valence-corrected chi connectivity index (χ4v) is 5.26. The number of carbonyl (C=O) groups is 3. The summed E-state index contributed by atoms with van der Waals surface area (Å²) in [6, 6.07) is 11.5. The first-order chi connectivity index (χ1) is 20.1. The Balaban J connectivity index is 1.49. The number of ether oxygens (including phenoxy) is 2. The second-order valence-corrected chi connectivity index (χ2v) is 11.3. The first kappa shape index (κ1) is 31.4. The second-order valence-electron chi connectivity index (χ2n) is 11.3. The van der Waals surface area contributed by atoms with Gasteiger partial charge in [-0.25, -0.2) is 4.79 Å². The van der Waals surface area contributed by atoms with Crippen LogP contribution in [0.15, 0.2) is 42.5 Å². The fraction of sp³-hybridized carbons (Fsp3) is 0.516. The summed E-state index contributed by atoms with van der Waals surface area (Å²) in [6.45, 7) is 8.79. The number of nitrogens with one attached hydrogen (secondary N) is 1. The van der Waals surface area contributed by atoms with Gasteiger partial charge in [-0.1, -0.05) is 19.1 Å². The van der Waals surface area contributed by atoms with Crippen LogP contribution in [0.3, 0.4) is 0 Å². The number of amides is 2. The number of carboxylic acids is 1. The first-order valence-corrected chi connectivity index (χ1v) is 14.5. The Labute approximate surface area is 247 Å². The van der Waals surface area contributed by atoms with Crippen molar-refractivity contribution in [2.75, 3.05) is 64.9 Å². The summed E-state index contributed by atoms with van der Waals surface area (Å²) in [5, 5.41) is 22.0. The van der Waals surface area contributed by atoms with Gasteiger partial charge in [0.1, 0.15) is 11.9 Å². The van der Waals surface area contributed by atoms with Crippen molar-refractivity contribution in [2.24, 2.45) is 5.92 Å². The fourth-order valence-electron chi connectivity index (χ4n) is 5.26. The van der Waals surface area contributed by atoms with E-state index in [0.717, 1.165) is 18.7 Å². The van der Waals surface area contributed by atoms with Crippen LogP contribution >= 0.6 is 0 Å². The number of hydrogen-bond donors (Lipinski definition) is 3. The lowest BCUT2D eigenvalue weighted by Gasteiger charge is -2.38. The maximum Gasteiger partial charge on any atom is 0.335 e. The average molecular weight is 583 g/mol. The molecule has 2 heterocycles. The molecule has 11 nitrogen and oxygen atoms in total. The summed E-state index contributed by atoms with van der Waals surface area (Å²) in [4.78, 5) is 43.6. The molecule has 0 unspecified atom stereocenters. The van der Waals surface area contributed by atoms with Gasteiger partial charge in [-0.2, -0.15) is 0 Å². The molecule has 11 heteroatoms. The van der Waals surface area contributed by atoms with Gasteiger partial charge in [0.25, 0.3) is 5.91 Å². The third-order valence-corrected chi connectivity index (χ3v) is 7.85. The highest BCUT2D eigenvalue weighted by Gasteiger charge is 2.33. The molecular formula is C31H42N4O7. The quantitative estimate of drug-likeness (QED) is 0.365. The number of nitrogens with zero attached hydrogens (tertiary/aromatic N) is 3. The SMILES string of the molecule is C[C@H](CO)N1C[C@H](C)[C@@H](CN(C)Cc2ccc(C(=O)O)cc2)Oc2ccc(NC(=O)CCN3CCOCC3)cc2C1=O. The van der Waals surface area contributed by atoms with Gasteiger partial charge in [0.15, 0.2) is 0 Å². The predicted octanol–water partition coefficient (Wildman–Crippen LogP) is 2.40. The number of benzene rings is 2. The summed E-state index contributed by atoms with van der Waals surface area (Å²) < 4.78 is 11.8. The van der Waals surface area contributed by atoms with Crippen molar-refractivity contribution in [3.8, 4) is 5.75 Å². The number of aliphatic hydroxyl groups is 1. The molecule has 1 fully saturated rings. The van der Waals surface area contributed by atoms with Crippen LogP contribution in [0.1, 0.15) is 46.5 Å². The largest absolute Gasteiger partial charge is 0.488 e. The van der Waals surface area contributed by atoms with Crippen molar-refractivity contribution < 1.29 is 34.1 Å². The number of carboxylic acid groups (broad SMARTS) is 1. The third-order valence-electron chi connectivity index (χ3n) is 7.85. The number of rotatable bonds is 11. The Morgan fingerprint density at radius 1 is 1.14 bits per heavy atom. The van der Waals surface area contributed by atoms with Gasteiger partial charge in [0, 0.05) is 57.3 Å². The van der Waals surface area contributed by atoms with E-state index >= 15 is 0 Å². The van der Waals surface area contributed by atoms with Gasteiger partial charge >= 0.3 is 5.97 Å². The molecule has 2 amide bonds. The monoisotopic (exact) mass is 582 g/mol. The lowest BCUT2D eigenvalue weighted by Crippen LogP contribution is -2.49. The molecule has 2 aliphatic heterocycles. The molecule has 42 heavy (non-hydrogen) atoms. The van der Waals surface area contributed by atoms with Crippen LogP contribution in [-0.2, 0) is 16.1 Å². The summed E-state index contributed by atoms with van der Waals surface area (Å²) in [5.41, 5.74) is 2.07. The highest BCUT2D eigenvalue weighted by atomic mass is 16.5. The van der Waals surface area contributed by atoms with Crippen molar-refractivity contribution in [3.63, 3.8) is 0 Å². The standard InChI is InChI=1S/C31H42N4O7/c1-21-17-35(22(2)20-36)30(38)26-16-25(32-29(37)10-11-34-12-14-41-15-13-34)8-9-27(26)42-28(21)19-33(3)18-23-4-6-24(7-5-23)31(39)40/h4-9,16,21-22,28,36H,10-15,17-20H2,1-3H3,(H,32,37)(H,39,40)/t21-,22+,28+/m0/s1. The zero-order valence-corrected chi connectivity index (χ0v) is 24.6. The van der Waals surface area contributed by atoms with Gasteiger partial charge in [-0.3, -0.25) is 19.4 Å². The lowest BCUT2D eigenvalue weighted by atomic mass is 9.99. The van der Waals surface area contributed by atoms with Gasteiger partial charge < -0.3 is 29.9 Å². The number of morpholine rings is 1. The van der Waals surface area contributed by atoms with Crippen molar-refractivity contribution in [2.45, 2.75) is 39.0 Å². The van der Waals surface area contributed by atoms with Crippen LogP contribution in [0.25, 0.3) is 0 Å². The highest BCUT2D eigenvalue weighted by Crippen LogP contribution is 2.31. The van der Waals surface area contributed by atoms with E-state index in [0.29, 0.717) is 62.8 Å². The molecule has 3 atom stereocenters. The van der Waals surface area contributed by atoms with E-state index in [1.165, 1.54) is 0 Å². The lowest BCUT2D eigenvalue weighted by molar-refractivity contribution is -0.116. The Hall–Kier alpha value is -3.51. The molecule has 0 radical (unpaired) electrons. The van der Waals surface area contributed by atoms with Crippen molar-refractivity contribution in [1.82, 2.24) is 14.7 Å². The van der Waals surface area contributed by atoms with Crippen LogP contribution < -0.4 is 10.1 Å².